The summed E-state index contributed by atoms with van der Waals surface area (Å²) in [6, 6.07) is 8.56. The average Bonchev–Trinajstić information content (AvgIpc) is 2.86. The smallest absolute Gasteiger partial charge is 0.262 e. The van der Waals surface area contributed by atoms with E-state index in [0.717, 1.165) is 5.56 Å². The van der Waals surface area contributed by atoms with E-state index in [4.69, 9.17) is 0 Å². The van der Waals surface area contributed by atoms with Crippen molar-refractivity contribution in [2.45, 2.75) is 31.4 Å². The fraction of sp³-hybridized carbons (Fsp3) is 0.467. The Balaban J connectivity index is 1.62. The minimum Gasteiger partial charge on any atom is -0.354 e. The van der Waals surface area contributed by atoms with Crippen molar-refractivity contribution in [2.24, 2.45) is 0 Å². The summed E-state index contributed by atoms with van der Waals surface area (Å²) < 4.78 is 25.9. The predicted octanol–water partition coefficient (Wildman–Crippen LogP) is 0.806. The molecule has 1 aromatic rings. The summed E-state index contributed by atoms with van der Waals surface area (Å²) in [5.74, 6) is -3.53. The summed E-state index contributed by atoms with van der Waals surface area (Å²) in [6.07, 6.45) is -0.388. The maximum atomic E-state index is 13.0. The van der Waals surface area contributed by atoms with Crippen LogP contribution in [0.5, 0.6) is 0 Å². The van der Waals surface area contributed by atoms with Gasteiger partial charge in [-0.25, -0.2) is 8.78 Å². The lowest BCUT2D eigenvalue weighted by Crippen LogP contribution is -2.41. The van der Waals surface area contributed by atoms with Crippen molar-refractivity contribution in [3.05, 3.63) is 35.9 Å². The van der Waals surface area contributed by atoms with Crippen LogP contribution < -0.4 is 16.0 Å². The van der Waals surface area contributed by atoms with E-state index in [2.05, 4.69) is 16.0 Å². The van der Waals surface area contributed by atoms with Crippen LogP contribution in [0.3, 0.4) is 0 Å². The van der Waals surface area contributed by atoms with Gasteiger partial charge in [-0.15, -0.1) is 0 Å². The number of amides is 2. The van der Waals surface area contributed by atoms with Crippen LogP contribution in [0, 0.1) is 0 Å². The van der Waals surface area contributed by atoms with Gasteiger partial charge >= 0.3 is 0 Å². The molecule has 1 heterocycles. The van der Waals surface area contributed by atoms with E-state index in [0.29, 0.717) is 6.54 Å². The number of benzene rings is 1. The van der Waals surface area contributed by atoms with E-state index in [1.54, 1.807) is 0 Å². The van der Waals surface area contributed by atoms with Crippen LogP contribution in [0.4, 0.5) is 8.78 Å². The summed E-state index contributed by atoms with van der Waals surface area (Å²) >= 11 is 0. The van der Waals surface area contributed by atoms with E-state index in [9.17, 15) is 18.4 Å². The van der Waals surface area contributed by atoms with Gasteiger partial charge < -0.3 is 10.6 Å². The van der Waals surface area contributed by atoms with Crippen molar-refractivity contribution in [1.29, 1.82) is 0 Å². The van der Waals surface area contributed by atoms with Gasteiger partial charge in [0.1, 0.15) is 0 Å². The molecule has 2 rings (SSSR count). The molecule has 1 saturated heterocycles. The van der Waals surface area contributed by atoms with Crippen molar-refractivity contribution in [3.63, 3.8) is 0 Å². The average molecular weight is 311 g/mol. The molecular weight excluding hydrogens is 292 g/mol. The van der Waals surface area contributed by atoms with Crippen LogP contribution in [0.25, 0.3) is 0 Å². The zero-order valence-corrected chi connectivity index (χ0v) is 12.1. The Morgan fingerprint density at radius 1 is 1.23 bits per heavy atom. The van der Waals surface area contributed by atoms with Crippen LogP contribution in [-0.4, -0.2) is 36.9 Å². The number of hydrogen-bond donors (Lipinski definition) is 3. The molecule has 0 radical (unpaired) electrons. The lowest BCUT2D eigenvalue weighted by Gasteiger charge is -2.11. The highest BCUT2D eigenvalue weighted by Crippen LogP contribution is 2.24. The SMILES string of the molecule is O=C(CCNC(=O)C1CC(F)(F)CN1)NCc1ccccc1. The highest BCUT2D eigenvalue weighted by atomic mass is 19.3. The maximum absolute atomic E-state index is 13.0. The number of nitrogens with one attached hydrogen (secondary N) is 3. The van der Waals surface area contributed by atoms with E-state index in [1.807, 2.05) is 30.3 Å². The second kappa shape index (κ2) is 7.31. The second-order valence-electron chi connectivity index (χ2n) is 5.30. The lowest BCUT2D eigenvalue weighted by atomic mass is 10.2. The number of hydrogen-bond acceptors (Lipinski definition) is 3. The molecule has 1 unspecified atom stereocenters. The second-order valence-corrected chi connectivity index (χ2v) is 5.30. The molecule has 22 heavy (non-hydrogen) atoms. The molecule has 3 N–H and O–H groups in total. The van der Waals surface area contributed by atoms with Crippen LogP contribution in [0.15, 0.2) is 30.3 Å². The number of carbonyl (C=O) groups excluding carboxylic acids is 2. The molecule has 1 fully saturated rings. The first-order valence-corrected chi connectivity index (χ1v) is 7.16. The molecular formula is C15H19F2N3O2. The fourth-order valence-electron chi connectivity index (χ4n) is 2.21. The Morgan fingerprint density at radius 3 is 2.59 bits per heavy atom. The van der Waals surface area contributed by atoms with Crippen LogP contribution in [-0.2, 0) is 16.1 Å². The molecule has 1 aliphatic rings. The topological polar surface area (TPSA) is 70.2 Å². The van der Waals surface area contributed by atoms with E-state index in [-0.39, 0.29) is 18.9 Å². The monoisotopic (exact) mass is 311 g/mol. The molecule has 5 nitrogen and oxygen atoms in total. The first kappa shape index (κ1) is 16.4. The molecule has 0 bridgehead atoms. The number of rotatable bonds is 6. The largest absolute Gasteiger partial charge is 0.354 e. The van der Waals surface area contributed by atoms with Gasteiger partial charge in [0.2, 0.25) is 11.8 Å². The van der Waals surface area contributed by atoms with Crippen molar-refractivity contribution >= 4 is 11.8 Å². The molecule has 1 aliphatic heterocycles. The van der Waals surface area contributed by atoms with Gasteiger partial charge in [-0.3, -0.25) is 14.9 Å². The number of carbonyl (C=O) groups is 2. The van der Waals surface area contributed by atoms with Crippen LogP contribution >= 0.6 is 0 Å². The Morgan fingerprint density at radius 2 is 1.95 bits per heavy atom. The van der Waals surface area contributed by atoms with Crippen molar-refractivity contribution in [1.82, 2.24) is 16.0 Å². The highest BCUT2D eigenvalue weighted by molar-refractivity contribution is 5.83. The van der Waals surface area contributed by atoms with E-state index in [1.165, 1.54) is 0 Å². The Labute approximate surface area is 127 Å². The standard InChI is InChI=1S/C15H19F2N3O2/c16-15(17)8-12(20-10-15)14(22)18-7-6-13(21)19-9-11-4-2-1-3-5-11/h1-5,12,20H,6-10H2,(H,18,22)(H,19,21). The molecule has 0 spiro atoms. The van der Waals surface area contributed by atoms with E-state index < -0.39 is 30.8 Å². The lowest BCUT2D eigenvalue weighted by molar-refractivity contribution is -0.124. The first-order chi connectivity index (χ1) is 10.5. The Kier molecular flexibility index (Phi) is 5.43. The van der Waals surface area contributed by atoms with E-state index >= 15 is 0 Å². The zero-order valence-electron chi connectivity index (χ0n) is 12.1. The highest BCUT2D eigenvalue weighted by Gasteiger charge is 2.42. The first-order valence-electron chi connectivity index (χ1n) is 7.16. The van der Waals surface area contributed by atoms with Crippen molar-refractivity contribution in [2.75, 3.05) is 13.1 Å². The summed E-state index contributed by atoms with van der Waals surface area (Å²) in [4.78, 5) is 23.3. The molecule has 0 saturated carbocycles. The normalized spacial score (nSPS) is 19.6. The van der Waals surface area contributed by atoms with Gasteiger partial charge in [-0.1, -0.05) is 30.3 Å². The number of halogens is 2. The van der Waals surface area contributed by atoms with Crippen molar-refractivity contribution < 1.29 is 18.4 Å². The predicted molar refractivity (Wildman–Crippen MR) is 77.3 cm³/mol. The summed E-state index contributed by atoms with van der Waals surface area (Å²) in [5.41, 5.74) is 0.984. The summed E-state index contributed by atoms with van der Waals surface area (Å²) in [6.45, 7) is 0.0654. The van der Waals surface area contributed by atoms with Gasteiger partial charge in [0.15, 0.2) is 0 Å². The quantitative estimate of drug-likeness (QED) is 0.728. The molecule has 0 aliphatic carbocycles. The molecule has 7 heteroatoms. The summed E-state index contributed by atoms with van der Waals surface area (Å²) in [5, 5.41) is 7.69. The van der Waals surface area contributed by atoms with Gasteiger partial charge in [-0.05, 0) is 5.56 Å². The Bertz CT molecular complexity index is 523. The van der Waals surface area contributed by atoms with Gasteiger partial charge in [0, 0.05) is 25.9 Å². The summed E-state index contributed by atoms with van der Waals surface area (Å²) in [7, 11) is 0. The third-order valence-electron chi connectivity index (χ3n) is 3.41. The van der Waals surface area contributed by atoms with Crippen LogP contribution in [0.1, 0.15) is 18.4 Å². The van der Waals surface area contributed by atoms with Gasteiger partial charge in [0.05, 0.1) is 12.6 Å². The van der Waals surface area contributed by atoms with Gasteiger partial charge in [-0.2, -0.15) is 0 Å². The third-order valence-corrected chi connectivity index (χ3v) is 3.41. The van der Waals surface area contributed by atoms with Crippen LogP contribution in [0.2, 0.25) is 0 Å². The maximum Gasteiger partial charge on any atom is 0.262 e. The molecule has 0 aromatic heterocycles. The van der Waals surface area contributed by atoms with Crippen molar-refractivity contribution in [3.8, 4) is 0 Å². The number of alkyl halides is 2. The molecule has 120 valence electrons. The van der Waals surface area contributed by atoms with Gasteiger partial charge in [0.25, 0.3) is 5.92 Å². The molecule has 2 amide bonds. The molecule has 1 aromatic carbocycles. The minimum absolute atomic E-state index is 0.113. The third kappa shape index (κ3) is 5.07. The molecule has 1 atom stereocenters. The fourth-order valence-corrected chi connectivity index (χ4v) is 2.21. The Hall–Kier alpha value is -2.02. The minimum atomic E-state index is -2.84. The zero-order chi connectivity index (χ0) is 16.0.